The van der Waals surface area contributed by atoms with E-state index >= 15 is 0 Å². The van der Waals surface area contributed by atoms with E-state index < -0.39 is 10.0 Å². The van der Waals surface area contributed by atoms with Crippen molar-refractivity contribution in [2.45, 2.75) is 23.8 Å². The van der Waals surface area contributed by atoms with Crippen LogP contribution in [0.2, 0.25) is 0 Å². The lowest BCUT2D eigenvalue weighted by molar-refractivity contribution is 0.129. The summed E-state index contributed by atoms with van der Waals surface area (Å²) in [6.45, 7) is 0.799. The van der Waals surface area contributed by atoms with Gasteiger partial charge in [0.15, 0.2) is 0 Å². The first-order valence-electron chi connectivity index (χ1n) is 8.41. The van der Waals surface area contributed by atoms with E-state index in [1.165, 1.54) is 4.31 Å². The molecule has 0 spiro atoms. The van der Waals surface area contributed by atoms with Crippen molar-refractivity contribution in [3.8, 4) is 5.88 Å². The third-order valence-electron chi connectivity index (χ3n) is 4.44. The fourth-order valence-corrected chi connectivity index (χ4v) is 4.77. The van der Waals surface area contributed by atoms with Crippen LogP contribution in [0.25, 0.3) is 10.9 Å². The zero-order valence-corrected chi connectivity index (χ0v) is 14.8. The second-order valence-electron chi connectivity index (χ2n) is 6.10. The number of nitrogens with zero attached hydrogens (tertiary/aromatic N) is 4. The van der Waals surface area contributed by atoms with Crippen LogP contribution in [0.3, 0.4) is 0 Å². The summed E-state index contributed by atoms with van der Waals surface area (Å²) in [4.78, 5) is 12.6. The Morgan fingerprint density at radius 3 is 2.58 bits per heavy atom. The number of aromatic nitrogens is 3. The van der Waals surface area contributed by atoms with Crippen LogP contribution in [0.5, 0.6) is 5.88 Å². The summed E-state index contributed by atoms with van der Waals surface area (Å²) in [5.74, 6) is 0.465. The fourth-order valence-electron chi connectivity index (χ4n) is 3.13. The summed E-state index contributed by atoms with van der Waals surface area (Å²) in [6.07, 6.45) is 7.47. The van der Waals surface area contributed by atoms with Gasteiger partial charge in [0.1, 0.15) is 11.0 Å². The average Bonchev–Trinajstić information content (AvgIpc) is 2.69. The van der Waals surface area contributed by atoms with Crippen molar-refractivity contribution in [2.24, 2.45) is 0 Å². The second kappa shape index (κ2) is 6.97. The molecule has 1 aromatic carbocycles. The Labute approximate surface area is 151 Å². The molecule has 1 aliphatic rings. The van der Waals surface area contributed by atoms with Crippen molar-refractivity contribution < 1.29 is 13.2 Å². The van der Waals surface area contributed by atoms with Gasteiger partial charge >= 0.3 is 0 Å². The summed E-state index contributed by atoms with van der Waals surface area (Å²) < 4.78 is 33.5. The first-order valence-corrected chi connectivity index (χ1v) is 9.85. The number of rotatable bonds is 4. The normalized spacial score (nSPS) is 16.6. The highest BCUT2D eigenvalue weighted by molar-refractivity contribution is 7.89. The fraction of sp³-hybridized carbons (Fsp3) is 0.278. The van der Waals surface area contributed by atoms with Gasteiger partial charge in [-0.2, -0.15) is 4.31 Å². The number of pyridine rings is 1. The van der Waals surface area contributed by atoms with E-state index in [-0.39, 0.29) is 11.0 Å². The molecule has 0 N–H and O–H groups in total. The smallest absolute Gasteiger partial charge is 0.245 e. The summed E-state index contributed by atoms with van der Waals surface area (Å²) in [5.41, 5.74) is 0.507. The first kappa shape index (κ1) is 16.9. The lowest BCUT2D eigenvalue weighted by Gasteiger charge is -2.31. The molecular formula is C18H18N4O3S. The zero-order chi connectivity index (χ0) is 18.0. The molecule has 0 aliphatic carbocycles. The number of fused-ring (bicyclic) bond motifs is 1. The highest BCUT2D eigenvalue weighted by Crippen LogP contribution is 2.27. The van der Waals surface area contributed by atoms with Crippen LogP contribution in [0.15, 0.2) is 60.0 Å². The van der Waals surface area contributed by atoms with Crippen LogP contribution in [-0.4, -0.2) is 46.9 Å². The molecule has 0 saturated carbocycles. The lowest BCUT2D eigenvalue weighted by Crippen LogP contribution is -2.41. The standard InChI is InChI=1S/C18H18N4O3S/c23-26(24,16-5-1-3-14-4-2-8-21-18(14)16)22-11-6-15(7-12-22)25-17-13-19-9-10-20-17/h1-5,8-10,13,15H,6-7,11-12H2. The SMILES string of the molecule is O=S(=O)(c1cccc2cccnc12)N1CCC(Oc2cnccn2)CC1. The highest BCUT2D eigenvalue weighted by atomic mass is 32.2. The number of hydrogen-bond acceptors (Lipinski definition) is 6. The molecule has 3 heterocycles. The topological polar surface area (TPSA) is 85.3 Å². The molecule has 26 heavy (non-hydrogen) atoms. The van der Waals surface area contributed by atoms with Gasteiger partial charge in [-0.15, -0.1) is 0 Å². The third-order valence-corrected chi connectivity index (χ3v) is 6.37. The van der Waals surface area contributed by atoms with E-state index in [4.69, 9.17) is 4.74 Å². The molecular weight excluding hydrogens is 352 g/mol. The van der Waals surface area contributed by atoms with Gasteiger partial charge in [0.05, 0.1) is 11.7 Å². The van der Waals surface area contributed by atoms with Gasteiger partial charge in [-0.3, -0.25) is 9.97 Å². The molecule has 0 radical (unpaired) electrons. The number of ether oxygens (including phenoxy) is 1. The van der Waals surface area contributed by atoms with Crippen molar-refractivity contribution in [1.29, 1.82) is 0 Å². The van der Waals surface area contributed by atoms with E-state index in [0.29, 0.717) is 37.3 Å². The van der Waals surface area contributed by atoms with E-state index in [1.54, 1.807) is 43.0 Å². The van der Waals surface area contributed by atoms with E-state index in [1.807, 2.05) is 12.1 Å². The molecule has 1 fully saturated rings. The number of para-hydroxylation sites is 1. The summed E-state index contributed by atoms with van der Waals surface area (Å²) in [7, 11) is -3.60. The van der Waals surface area contributed by atoms with Crippen molar-refractivity contribution in [2.75, 3.05) is 13.1 Å². The predicted octanol–water partition coefficient (Wildman–Crippen LogP) is 2.26. The molecule has 0 unspecified atom stereocenters. The number of hydrogen-bond donors (Lipinski definition) is 0. The monoisotopic (exact) mass is 370 g/mol. The van der Waals surface area contributed by atoms with Crippen LogP contribution < -0.4 is 4.74 Å². The van der Waals surface area contributed by atoms with Crippen molar-refractivity contribution in [1.82, 2.24) is 19.3 Å². The minimum Gasteiger partial charge on any atom is -0.473 e. The number of piperidine rings is 1. The lowest BCUT2D eigenvalue weighted by atomic mass is 10.1. The maximum atomic E-state index is 13.1. The Morgan fingerprint density at radius 2 is 1.81 bits per heavy atom. The molecule has 4 rings (SSSR count). The molecule has 8 heteroatoms. The van der Waals surface area contributed by atoms with Gasteiger partial charge in [0, 0.05) is 37.1 Å². The summed E-state index contributed by atoms with van der Waals surface area (Å²) >= 11 is 0. The predicted molar refractivity (Wildman–Crippen MR) is 96.2 cm³/mol. The van der Waals surface area contributed by atoms with Crippen LogP contribution in [0.4, 0.5) is 0 Å². The van der Waals surface area contributed by atoms with E-state index in [2.05, 4.69) is 15.0 Å². The zero-order valence-electron chi connectivity index (χ0n) is 14.0. The van der Waals surface area contributed by atoms with Gasteiger partial charge in [-0.25, -0.2) is 13.4 Å². The quantitative estimate of drug-likeness (QED) is 0.700. The highest BCUT2D eigenvalue weighted by Gasteiger charge is 2.31. The van der Waals surface area contributed by atoms with E-state index in [9.17, 15) is 8.42 Å². The number of benzene rings is 1. The molecule has 0 bridgehead atoms. The third kappa shape index (κ3) is 3.25. The molecule has 0 amide bonds. The Balaban J connectivity index is 1.51. The molecule has 3 aromatic rings. The van der Waals surface area contributed by atoms with Crippen molar-refractivity contribution >= 4 is 20.9 Å². The Kier molecular flexibility index (Phi) is 4.52. The van der Waals surface area contributed by atoms with Crippen LogP contribution >= 0.6 is 0 Å². The average molecular weight is 370 g/mol. The van der Waals surface area contributed by atoms with E-state index in [0.717, 1.165) is 5.39 Å². The Morgan fingerprint density at radius 1 is 1.00 bits per heavy atom. The molecule has 0 atom stereocenters. The minimum atomic E-state index is -3.60. The minimum absolute atomic E-state index is 0.0659. The Bertz CT molecular complexity index is 998. The van der Waals surface area contributed by atoms with Crippen molar-refractivity contribution in [3.63, 3.8) is 0 Å². The molecule has 134 valence electrons. The van der Waals surface area contributed by atoms with Gasteiger partial charge in [0.2, 0.25) is 15.9 Å². The Hall–Kier alpha value is -2.58. The van der Waals surface area contributed by atoms with Crippen LogP contribution in [0.1, 0.15) is 12.8 Å². The van der Waals surface area contributed by atoms with Crippen LogP contribution in [0, 0.1) is 0 Å². The van der Waals surface area contributed by atoms with Crippen LogP contribution in [-0.2, 0) is 10.0 Å². The molecule has 7 nitrogen and oxygen atoms in total. The van der Waals surface area contributed by atoms with Crippen molar-refractivity contribution in [3.05, 3.63) is 55.1 Å². The maximum Gasteiger partial charge on any atom is 0.245 e. The van der Waals surface area contributed by atoms with Gasteiger partial charge < -0.3 is 4.74 Å². The maximum absolute atomic E-state index is 13.1. The largest absolute Gasteiger partial charge is 0.473 e. The summed E-state index contributed by atoms with van der Waals surface area (Å²) in [5, 5.41) is 0.814. The number of sulfonamides is 1. The second-order valence-corrected chi connectivity index (χ2v) is 8.00. The van der Waals surface area contributed by atoms with Gasteiger partial charge in [-0.1, -0.05) is 18.2 Å². The molecule has 2 aromatic heterocycles. The van der Waals surface area contributed by atoms with Gasteiger partial charge in [-0.05, 0) is 25.0 Å². The molecule has 1 aliphatic heterocycles. The van der Waals surface area contributed by atoms with Gasteiger partial charge in [0.25, 0.3) is 0 Å². The summed E-state index contributed by atoms with van der Waals surface area (Å²) in [6, 6.07) is 8.90. The first-order chi connectivity index (χ1) is 12.6. The molecule has 1 saturated heterocycles.